The number of nitrogens with zero attached hydrogens (tertiary/aromatic N) is 1. The van der Waals surface area contributed by atoms with Crippen LogP contribution in [0.15, 0.2) is 30.3 Å². The molecule has 0 aromatic heterocycles. The van der Waals surface area contributed by atoms with Crippen molar-refractivity contribution in [3.8, 4) is 28.4 Å². The molecular weight excluding hydrogens is 382 g/mol. The molecule has 0 saturated heterocycles. The zero-order valence-electron chi connectivity index (χ0n) is 18.5. The summed E-state index contributed by atoms with van der Waals surface area (Å²) in [5, 5.41) is 0. The van der Waals surface area contributed by atoms with Crippen LogP contribution < -0.4 is 14.2 Å². The zero-order valence-corrected chi connectivity index (χ0v) is 18.5. The summed E-state index contributed by atoms with van der Waals surface area (Å²) in [7, 11) is 6.59. The van der Waals surface area contributed by atoms with E-state index in [0.717, 1.165) is 28.7 Å². The van der Waals surface area contributed by atoms with Crippen molar-refractivity contribution in [3.63, 3.8) is 0 Å². The molecule has 1 aliphatic carbocycles. The number of ketones is 1. The number of rotatable bonds is 7. The predicted octanol–water partition coefficient (Wildman–Crippen LogP) is 3.99. The molecule has 6 nitrogen and oxygen atoms in total. The largest absolute Gasteiger partial charge is 0.493 e. The quantitative estimate of drug-likeness (QED) is 0.689. The molecule has 2 aromatic rings. The minimum absolute atomic E-state index is 0.0260. The average molecular weight is 411 g/mol. The third-order valence-electron chi connectivity index (χ3n) is 5.40. The van der Waals surface area contributed by atoms with Crippen molar-refractivity contribution in [2.75, 3.05) is 34.9 Å². The summed E-state index contributed by atoms with van der Waals surface area (Å²) in [6.45, 7) is 3.87. The fourth-order valence-corrected chi connectivity index (χ4v) is 3.81. The van der Waals surface area contributed by atoms with Gasteiger partial charge in [-0.1, -0.05) is 18.2 Å². The Morgan fingerprint density at radius 1 is 1.00 bits per heavy atom. The summed E-state index contributed by atoms with van der Waals surface area (Å²) in [6, 6.07) is 9.57. The SMILES string of the molecule is COc1ccc(-c2ccc3c(c2)CCC3=O)c(OCC(C)(C)C(=O)N(C)C)c1OC. The number of benzene rings is 2. The zero-order chi connectivity index (χ0) is 22.1. The minimum Gasteiger partial charge on any atom is -0.493 e. The average Bonchev–Trinajstić information content (AvgIpc) is 3.10. The predicted molar refractivity (Wildman–Crippen MR) is 116 cm³/mol. The Morgan fingerprint density at radius 3 is 2.33 bits per heavy atom. The van der Waals surface area contributed by atoms with Gasteiger partial charge in [0.25, 0.3) is 0 Å². The van der Waals surface area contributed by atoms with Gasteiger partial charge in [0.15, 0.2) is 17.3 Å². The second-order valence-electron chi connectivity index (χ2n) is 8.34. The molecule has 3 rings (SSSR count). The van der Waals surface area contributed by atoms with Crippen molar-refractivity contribution in [2.24, 2.45) is 5.41 Å². The van der Waals surface area contributed by atoms with E-state index in [1.165, 1.54) is 0 Å². The maximum absolute atomic E-state index is 12.5. The molecule has 6 heteroatoms. The molecule has 0 unspecified atom stereocenters. The van der Waals surface area contributed by atoms with E-state index in [2.05, 4.69) is 0 Å². The number of methoxy groups -OCH3 is 2. The summed E-state index contributed by atoms with van der Waals surface area (Å²) >= 11 is 0. The summed E-state index contributed by atoms with van der Waals surface area (Å²) in [6.07, 6.45) is 1.30. The number of hydrogen-bond acceptors (Lipinski definition) is 5. The van der Waals surface area contributed by atoms with E-state index in [1.54, 1.807) is 33.2 Å². The topological polar surface area (TPSA) is 65.1 Å². The van der Waals surface area contributed by atoms with Crippen molar-refractivity contribution < 1.29 is 23.8 Å². The maximum Gasteiger partial charge on any atom is 0.231 e. The molecule has 0 saturated carbocycles. The van der Waals surface area contributed by atoms with Crippen molar-refractivity contribution in [2.45, 2.75) is 26.7 Å². The standard InChI is InChI=1S/C24H29NO5/c1-24(2,23(27)25(3)4)14-30-21-18(10-12-20(28-5)22(21)29-6)16-7-9-17-15(13-16)8-11-19(17)26/h7,9-10,12-13H,8,11,14H2,1-6H3. The molecule has 0 N–H and O–H groups in total. The van der Waals surface area contributed by atoms with Gasteiger partial charge in [-0.3, -0.25) is 9.59 Å². The van der Waals surface area contributed by atoms with Gasteiger partial charge in [0.05, 0.1) is 19.6 Å². The number of aryl methyl sites for hydroxylation is 1. The highest BCUT2D eigenvalue weighted by Crippen LogP contribution is 2.45. The lowest BCUT2D eigenvalue weighted by Crippen LogP contribution is -2.40. The molecule has 160 valence electrons. The summed E-state index contributed by atoms with van der Waals surface area (Å²) in [5.41, 5.74) is 2.86. The van der Waals surface area contributed by atoms with Crippen LogP contribution in [0.1, 0.15) is 36.2 Å². The van der Waals surface area contributed by atoms with Gasteiger partial charge in [-0.05, 0) is 43.5 Å². The molecule has 0 fully saturated rings. The summed E-state index contributed by atoms with van der Waals surface area (Å²) in [5.74, 6) is 1.69. The third kappa shape index (κ3) is 3.99. The molecule has 1 aliphatic rings. The third-order valence-corrected chi connectivity index (χ3v) is 5.40. The molecule has 0 heterocycles. The first-order chi connectivity index (χ1) is 14.2. The number of fused-ring (bicyclic) bond motifs is 1. The Hall–Kier alpha value is -3.02. The Kier molecular flexibility index (Phi) is 6.06. The lowest BCUT2D eigenvalue weighted by molar-refractivity contribution is -0.139. The molecule has 1 amide bonds. The molecule has 0 aliphatic heterocycles. The van der Waals surface area contributed by atoms with Crippen LogP contribution in [0.2, 0.25) is 0 Å². The summed E-state index contributed by atoms with van der Waals surface area (Å²) < 4.78 is 17.3. The fraction of sp³-hybridized carbons (Fsp3) is 0.417. The van der Waals surface area contributed by atoms with E-state index in [4.69, 9.17) is 14.2 Å². The lowest BCUT2D eigenvalue weighted by Gasteiger charge is -2.28. The monoisotopic (exact) mass is 411 g/mol. The number of carbonyl (C=O) groups excluding carboxylic acids is 2. The van der Waals surface area contributed by atoms with Gasteiger partial charge >= 0.3 is 0 Å². The smallest absolute Gasteiger partial charge is 0.231 e. The summed E-state index contributed by atoms with van der Waals surface area (Å²) in [4.78, 5) is 26.1. The van der Waals surface area contributed by atoms with Gasteiger partial charge in [0.1, 0.15) is 6.61 Å². The number of ether oxygens (including phenoxy) is 3. The molecule has 2 aromatic carbocycles. The van der Waals surface area contributed by atoms with E-state index < -0.39 is 5.41 Å². The molecule has 0 spiro atoms. The molecule has 0 radical (unpaired) electrons. The Morgan fingerprint density at radius 2 is 1.70 bits per heavy atom. The van der Waals surface area contributed by atoms with Gasteiger partial charge in [-0.2, -0.15) is 0 Å². The van der Waals surface area contributed by atoms with Crippen molar-refractivity contribution in [1.29, 1.82) is 0 Å². The van der Waals surface area contributed by atoms with Crippen LogP contribution in [0, 0.1) is 5.41 Å². The number of carbonyl (C=O) groups is 2. The Labute approximate surface area is 177 Å². The Balaban J connectivity index is 2.04. The fourth-order valence-electron chi connectivity index (χ4n) is 3.81. The van der Waals surface area contributed by atoms with Crippen LogP contribution in [-0.4, -0.2) is 51.5 Å². The highest BCUT2D eigenvalue weighted by molar-refractivity contribution is 6.01. The van der Waals surface area contributed by atoms with Gasteiger partial charge in [-0.25, -0.2) is 0 Å². The van der Waals surface area contributed by atoms with E-state index in [1.807, 2.05) is 44.2 Å². The van der Waals surface area contributed by atoms with Crippen LogP contribution in [-0.2, 0) is 11.2 Å². The van der Waals surface area contributed by atoms with Crippen molar-refractivity contribution in [1.82, 2.24) is 4.90 Å². The highest BCUT2D eigenvalue weighted by Gasteiger charge is 2.31. The van der Waals surface area contributed by atoms with E-state index in [9.17, 15) is 9.59 Å². The first kappa shape index (κ1) is 21.7. The molecular formula is C24H29NO5. The molecule has 0 bridgehead atoms. The van der Waals surface area contributed by atoms with E-state index in [-0.39, 0.29) is 18.3 Å². The maximum atomic E-state index is 12.5. The van der Waals surface area contributed by atoms with Crippen LogP contribution in [0.5, 0.6) is 17.2 Å². The van der Waals surface area contributed by atoms with E-state index >= 15 is 0 Å². The first-order valence-electron chi connectivity index (χ1n) is 9.95. The van der Waals surface area contributed by atoms with Crippen LogP contribution >= 0.6 is 0 Å². The van der Waals surface area contributed by atoms with Crippen LogP contribution in [0.25, 0.3) is 11.1 Å². The van der Waals surface area contributed by atoms with Gasteiger partial charge in [0, 0.05) is 31.6 Å². The van der Waals surface area contributed by atoms with Crippen LogP contribution in [0.4, 0.5) is 0 Å². The van der Waals surface area contributed by atoms with Crippen molar-refractivity contribution in [3.05, 3.63) is 41.5 Å². The number of hydrogen-bond donors (Lipinski definition) is 0. The molecule has 30 heavy (non-hydrogen) atoms. The number of Topliss-reactive ketones (excluding diaryl/α,β-unsaturated/α-hetero) is 1. The Bertz CT molecular complexity index is 978. The normalized spacial score (nSPS) is 13.1. The number of amides is 1. The molecule has 0 atom stereocenters. The van der Waals surface area contributed by atoms with Gasteiger partial charge in [0.2, 0.25) is 11.7 Å². The van der Waals surface area contributed by atoms with Gasteiger partial charge < -0.3 is 19.1 Å². The second kappa shape index (κ2) is 8.38. The second-order valence-corrected chi connectivity index (χ2v) is 8.34. The lowest BCUT2D eigenvalue weighted by atomic mass is 9.93. The van der Waals surface area contributed by atoms with Crippen molar-refractivity contribution >= 4 is 11.7 Å². The first-order valence-corrected chi connectivity index (χ1v) is 9.95. The highest BCUT2D eigenvalue weighted by atomic mass is 16.5. The van der Waals surface area contributed by atoms with E-state index in [0.29, 0.717) is 23.7 Å². The van der Waals surface area contributed by atoms with Crippen LogP contribution in [0.3, 0.4) is 0 Å². The minimum atomic E-state index is -0.723. The van der Waals surface area contributed by atoms with Gasteiger partial charge in [-0.15, -0.1) is 0 Å².